The number of nitrogens with zero attached hydrogens (tertiary/aromatic N) is 2. The van der Waals surface area contributed by atoms with Crippen molar-refractivity contribution < 1.29 is 4.42 Å². The van der Waals surface area contributed by atoms with Crippen LogP contribution < -0.4 is 10.9 Å². The molecule has 0 saturated carbocycles. The fourth-order valence-corrected chi connectivity index (χ4v) is 4.45. The number of hydrogen-bond donors (Lipinski definition) is 1. The molecule has 0 amide bonds. The Morgan fingerprint density at radius 1 is 1.11 bits per heavy atom. The minimum atomic E-state index is -0.328. The minimum Gasteiger partial charge on any atom is -0.423 e. The van der Waals surface area contributed by atoms with Crippen molar-refractivity contribution in [2.45, 2.75) is 23.6 Å². The number of anilines is 1. The van der Waals surface area contributed by atoms with Crippen LogP contribution in [-0.4, -0.2) is 10.2 Å². The first-order valence-corrected chi connectivity index (χ1v) is 10.2. The Bertz CT molecular complexity index is 1120. The number of thioether (sulfide) groups is 1. The summed E-state index contributed by atoms with van der Waals surface area (Å²) in [7, 11) is 0. The molecule has 136 valence electrons. The third-order valence-electron chi connectivity index (χ3n) is 4.03. The zero-order chi connectivity index (χ0) is 18.6. The van der Waals surface area contributed by atoms with E-state index in [1.54, 1.807) is 17.8 Å². The summed E-state index contributed by atoms with van der Waals surface area (Å²) in [6, 6.07) is 17.6. The molecule has 0 unspecified atom stereocenters. The Kier molecular flexibility index (Phi) is 5.22. The molecule has 5 nitrogen and oxygen atoms in total. The molecule has 0 radical (unpaired) electrons. The molecule has 0 saturated heterocycles. The number of aryl methyl sites for hydroxylation is 1. The van der Waals surface area contributed by atoms with E-state index in [0.717, 1.165) is 26.0 Å². The standard InChI is InChI=1S/C20H17N3O2S2/c1-13-7-8-16-15(10-18(24)25-17(16)9-13)12-26-20-23-22-19(27-20)21-11-14-5-3-2-4-6-14/h2-10H,11-12H2,1H3,(H,21,22). The topological polar surface area (TPSA) is 68.0 Å². The lowest BCUT2D eigenvalue weighted by molar-refractivity contribution is 0.559. The van der Waals surface area contributed by atoms with E-state index in [9.17, 15) is 4.79 Å². The van der Waals surface area contributed by atoms with Crippen molar-refractivity contribution in [3.8, 4) is 0 Å². The average molecular weight is 396 g/mol. The first-order valence-electron chi connectivity index (χ1n) is 8.45. The molecule has 0 fully saturated rings. The fourth-order valence-electron chi connectivity index (χ4n) is 2.71. The SMILES string of the molecule is Cc1ccc2c(CSc3nnc(NCc4ccccc4)s3)cc(=O)oc2c1. The molecule has 1 N–H and O–H groups in total. The second-order valence-electron chi connectivity index (χ2n) is 6.09. The number of rotatable bonds is 6. The van der Waals surface area contributed by atoms with Crippen LogP contribution in [0.3, 0.4) is 0 Å². The summed E-state index contributed by atoms with van der Waals surface area (Å²) in [5.74, 6) is 0.637. The van der Waals surface area contributed by atoms with Crippen molar-refractivity contribution in [2.24, 2.45) is 0 Å². The zero-order valence-corrected chi connectivity index (χ0v) is 16.3. The lowest BCUT2D eigenvalue weighted by atomic mass is 10.1. The van der Waals surface area contributed by atoms with E-state index in [1.165, 1.54) is 16.9 Å². The molecule has 0 atom stereocenters. The Labute approximate surface area is 164 Å². The molecule has 2 heterocycles. The summed E-state index contributed by atoms with van der Waals surface area (Å²) in [5.41, 5.74) is 3.50. The Hall–Kier alpha value is -2.64. The lowest BCUT2D eigenvalue weighted by Crippen LogP contribution is -2.00. The molecule has 27 heavy (non-hydrogen) atoms. The Balaban J connectivity index is 1.44. The second-order valence-corrected chi connectivity index (χ2v) is 8.29. The van der Waals surface area contributed by atoms with Crippen molar-refractivity contribution in [1.29, 1.82) is 0 Å². The summed E-state index contributed by atoms with van der Waals surface area (Å²) in [6.45, 7) is 2.69. The number of fused-ring (bicyclic) bond motifs is 1. The van der Waals surface area contributed by atoms with Gasteiger partial charge in [-0.05, 0) is 29.7 Å². The summed E-state index contributed by atoms with van der Waals surface area (Å²) in [6.07, 6.45) is 0. The van der Waals surface area contributed by atoms with Crippen molar-refractivity contribution >= 4 is 39.2 Å². The summed E-state index contributed by atoms with van der Waals surface area (Å²) < 4.78 is 6.17. The van der Waals surface area contributed by atoms with Gasteiger partial charge < -0.3 is 9.73 Å². The molecule has 2 aromatic heterocycles. The van der Waals surface area contributed by atoms with Gasteiger partial charge in [0.25, 0.3) is 0 Å². The predicted molar refractivity (Wildman–Crippen MR) is 110 cm³/mol. The highest BCUT2D eigenvalue weighted by molar-refractivity contribution is 8.00. The van der Waals surface area contributed by atoms with Crippen LogP contribution in [0.1, 0.15) is 16.7 Å². The Morgan fingerprint density at radius 2 is 1.96 bits per heavy atom. The lowest BCUT2D eigenvalue weighted by Gasteiger charge is -2.04. The van der Waals surface area contributed by atoms with Gasteiger partial charge in [-0.2, -0.15) is 0 Å². The number of benzene rings is 2. The first kappa shape index (κ1) is 17.8. The van der Waals surface area contributed by atoms with E-state index in [2.05, 4.69) is 27.6 Å². The van der Waals surface area contributed by atoms with Gasteiger partial charge in [0, 0.05) is 23.8 Å². The normalized spacial score (nSPS) is 11.0. The van der Waals surface area contributed by atoms with Crippen LogP contribution in [0.2, 0.25) is 0 Å². The third-order valence-corrected chi connectivity index (χ3v) is 6.09. The van der Waals surface area contributed by atoms with Crippen molar-refractivity contribution in [3.63, 3.8) is 0 Å². The largest absolute Gasteiger partial charge is 0.423 e. The predicted octanol–water partition coefficient (Wildman–Crippen LogP) is 4.86. The average Bonchev–Trinajstić information content (AvgIpc) is 3.13. The maximum absolute atomic E-state index is 11.8. The smallest absolute Gasteiger partial charge is 0.336 e. The quantitative estimate of drug-likeness (QED) is 0.371. The maximum atomic E-state index is 11.8. The van der Waals surface area contributed by atoms with Gasteiger partial charge in [-0.15, -0.1) is 10.2 Å². The maximum Gasteiger partial charge on any atom is 0.336 e. The van der Waals surface area contributed by atoms with E-state index < -0.39 is 0 Å². The molecule has 0 spiro atoms. The van der Waals surface area contributed by atoms with Crippen LogP contribution in [0, 0.1) is 6.92 Å². The van der Waals surface area contributed by atoms with Crippen LogP contribution in [0.4, 0.5) is 5.13 Å². The van der Waals surface area contributed by atoms with Gasteiger partial charge in [0.1, 0.15) is 5.58 Å². The second kappa shape index (κ2) is 7.94. The van der Waals surface area contributed by atoms with E-state index >= 15 is 0 Å². The number of aromatic nitrogens is 2. The molecule has 0 aliphatic heterocycles. The van der Waals surface area contributed by atoms with E-state index in [4.69, 9.17) is 4.42 Å². The molecule has 2 aromatic carbocycles. The van der Waals surface area contributed by atoms with Crippen LogP contribution in [0.5, 0.6) is 0 Å². The van der Waals surface area contributed by atoms with E-state index in [1.807, 2.05) is 43.3 Å². The van der Waals surface area contributed by atoms with Crippen LogP contribution >= 0.6 is 23.1 Å². The highest BCUT2D eigenvalue weighted by Crippen LogP contribution is 2.30. The fraction of sp³-hybridized carbons (Fsp3) is 0.150. The minimum absolute atomic E-state index is 0.328. The van der Waals surface area contributed by atoms with Gasteiger partial charge in [-0.3, -0.25) is 0 Å². The molecule has 0 aliphatic carbocycles. The van der Waals surface area contributed by atoms with E-state index in [0.29, 0.717) is 17.9 Å². The molecular formula is C20H17N3O2S2. The summed E-state index contributed by atoms with van der Waals surface area (Å²) in [4.78, 5) is 11.8. The van der Waals surface area contributed by atoms with Crippen LogP contribution in [0.25, 0.3) is 11.0 Å². The summed E-state index contributed by atoms with van der Waals surface area (Å²) >= 11 is 3.08. The number of hydrogen-bond acceptors (Lipinski definition) is 7. The molecular weight excluding hydrogens is 378 g/mol. The Morgan fingerprint density at radius 3 is 2.81 bits per heavy atom. The monoisotopic (exact) mass is 395 g/mol. The van der Waals surface area contributed by atoms with Gasteiger partial charge in [0.2, 0.25) is 5.13 Å². The zero-order valence-electron chi connectivity index (χ0n) is 14.6. The van der Waals surface area contributed by atoms with Crippen molar-refractivity contribution in [1.82, 2.24) is 10.2 Å². The van der Waals surface area contributed by atoms with Crippen molar-refractivity contribution in [3.05, 3.63) is 81.7 Å². The van der Waals surface area contributed by atoms with Gasteiger partial charge in [-0.25, -0.2) is 4.79 Å². The molecule has 0 bridgehead atoms. The molecule has 0 aliphatic rings. The van der Waals surface area contributed by atoms with Crippen LogP contribution in [-0.2, 0) is 12.3 Å². The molecule has 7 heteroatoms. The third kappa shape index (κ3) is 4.37. The van der Waals surface area contributed by atoms with Gasteiger partial charge in [0.15, 0.2) is 4.34 Å². The van der Waals surface area contributed by atoms with Crippen LogP contribution in [0.15, 0.2) is 68.1 Å². The summed E-state index contributed by atoms with van der Waals surface area (Å²) in [5, 5.41) is 13.5. The highest BCUT2D eigenvalue weighted by Gasteiger charge is 2.09. The van der Waals surface area contributed by atoms with E-state index in [-0.39, 0.29) is 5.63 Å². The highest BCUT2D eigenvalue weighted by atomic mass is 32.2. The number of nitrogens with one attached hydrogen (secondary N) is 1. The van der Waals surface area contributed by atoms with Gasteiger partial charge in [0.05, 0.1) is 0 Å². The van der Waals surface area contributed by atoms with Crippen molar-refractivity contribution in [2.75, 3.05) is 5.32 Å². The van der Waals surface area contributed by atoms with Gasteiger partial charge in [-0.1, -0.05) is 65.6 Å². The molecule has 4 rings (SSSR count). The van der Waals surface area contributed by atoms with Gasteiger partial charge >= 0.3 is 5.63 Å². The first-order chi connectivity index (χ1) is 13.2. The molecule has 4 aromatic rings.